The lowest BCUT2D eigenvalue weighted by Crippen LogP contribution is -2.21. The zero-order valence-corrected chi connectivity index (χ0v) is 5.60. The summed E-state index contributed by atoms with van der Waals surface area (Å²) in [7, 11) is 0. The largest absolute Gasteiger partial charge is 0.321 e. The smallest absolute Gasteiger partial charge is 0.208 e. The van der Waals surface area contributed by atoms with Crippen molar-refractivity contribution in [2.45, 2.75) is 13.0 Å². The molecule has 0 spiro atoms. The first-order valence-corrected chi connectivity index (χ1v) is 2.67. The Morgan fingerprint density at radius 2 is 2.17 bits per heavy atom. The van der Waals surface area contributed by atoms with Gasteiger partial charge in [0.05, 0.1) is 6.04 Å². The summed E-state index contributed by atoms with van der Waals surface area (Å²) in [6.07, 6.45) is 0. The Hall–Kier alpha value is 0.360. The Balaban J connectivity index is 3.26. The van der Waals surface area contributed by atoms with Crippen LogP contribution < -0.4 is 5.73 Å². The SMILES string of the molecule is C[C@H](N)C(=O)I. The molecule has 0 aromatic carbocycles. The Kier molecular flexibility index (Phi) is 2.67. The Morgan fingerprint density at radius 3 is 2.17 bits per heavy atom. The van der Waals surface area contributed by atoms with Crippen LogP contribution >= 0.6 is 22.6 Å². The second-order valence-corrected chi connectivity index (χ2v) is 2.16. The molecule has 0 amide bonds. The van der Waals surface area contributed by atoms with Crippen molar-refractivity contribution >= 4 is 26.4 Å². The van der Waals surface area contributed by atoms with Crippen molar-refractivity contribution in [3.8, 4) is 0 Å². The van der Waals surface area contributed by atoms with Crippen molar-refractivity contribution in [3.63, 3.8) is 0 Å². The highest BCUT2D eigenvalue weighted by Gasteiger charge is 1.97. The monoisotopic (exact) mass is 199 g/mol. The molecular weight excluding hydrogens is 193 g/mol. The number of halogens is 1. The van der Waals surface area contributed by atoms with Crippen LogP contribution in [0.25, 0.3) is 0 Å². The molecule has 0 unspecified atom stereocenters. The molecule has 3 heteroatoms. The van der Waals surface area contributed by atoms with Crippen LogP contribution in [-0.2, 0) is 4.79 Å². The van der Waals surface area contributed by atoms with E-state index in [0.29, 0.717) is 0 Å². The first kappa shape index (κ1) is 6.36. The van der Waals surface area contributed by atoms with Crippen molar-refractivity contribution in [1.82, 2.24) is 0 Å². The van der Waals surface area contributed by atoms with Gasteiger partial charge in [0.1, 0.15) is 0 Å². The average molecular weight is 199 g/mol. The van der Waals surface area contributed by atoms with E-state index < -0.39 is 0 Å². The van der Waals surface area contributed by atoms with E-state index in [2.05, 4.69) is 0 Å². The van der Waals surface area contributed by atoms with Gasteiger partial charge in [0.25, 0.3) is 0 Å². The van der Waals surface area contributed by atoms with Crippen molar-refractivity contribution in [2.24, 2.45) is 5.73 Å². The molecule has 0 heterocycles. The summed E-state index contributed by atoms with van der Waals surface area (Å²) in [5.41, 5.74) is 5.08. The van der Waals surface area contributed by atoms with Crippen LogP contribution in [-0.4, -0.2) is 9.83 Å². The molecule has 0 saturated carbocycles. The molecule has 0 aromatic heterocycles. The summed E-state index contributed by atoms with van der Waals surface area (Å²) in [6.45, 7) is 1.66. The Labute approximate surface area is 50.2 Å². The molecule has 0 rings (SSSR count). The molecule has 2 nitrogen and oxygen atoms in total. The summed E-state index contributed by atoms with van der Waals surface area (Å²) in [4.78, 5) is 10.0. The predicted molar refractivity (Wildman–Crippen MR) is 32.7 cm³/mol. The molecule has 0 fully saturated rings. The van der Waals surface area contributed by atoms with Gasteiger partial charge in [-0.3, -0.25) is 4.79 Å². The number of carbonyl (C=O) groups excluding carboxylic acids is 1. The molecule has 0 bridgehead atoms. The Bertz CT molecular complexity index is 61.8. The van der Waals surface area contributed by atoms with Gasteiger partial charge in [-0.05, 0) is 6.92 Å². The van der Waals surface area contributed by atoms with Crippen LogP contribution in [0.15, 0.2) is 0 Å². The van der Waals surface area contributed by atoms with Crippen LogP contribution in [0.4, 0.5) is 0 Å². The van der Waals surface area contributed by atoms with Crippen molar-refractivity contribution < 1.29 is 4.79 Å². The lowest BCUT2D eigenvalue weighted by molar-refractivity contribution is -0.110. The molecular formula is C3H6INO. The molecule has 0 saturated heterocycles. The molecule has 2 N–H and O–H groups in total. The highest BCUT2D eigenvalue weighted by molar-refractivity contribution is 14.1. The van der Waals surface area contributed by atoms with E-state index in [1.54, 1.807) is 29.5 Å². The third kappa shape index (κ3) is 2.59. The minimum absolute atomic E-state index is 0.00704. The topological polar surface area (TPSA) is 43.1 Å². The number of hydrogen-bond donors (Lipinski definition) is 1. The maximum absolute atomic E-state index is 10.0. The van der Waals surface area contributed by atoms with E-state index in [1.165, 1.54) is 0 Å². The van der Waals surface area contributed by atoms with Crippen molar-refractivity contribution in [1.29, 1.82) is 0 Å². The van der Waals surface area contributed by atoms with Crippen molar-refractivity contribution in [2.75, 3.05) is 0 Å². The van der Waals surface area contributed by atoms with Crippen LogP contribution in [0.1, 0.15) is 6.92 Å². The van der Waals surface area contributed by atoms with Gasteiger partial charge in [0.2, 0.25) is 3.79 Å². The van der Waals surface area contributed by atoms with Gasteiger partial charge >= 0.3 is 0 Å². The minimum atomic E-state index is -0.300. The first-order valence-electron chi connectivity index (χ1n) is 1.59. The average Bonchev–Trinajstić information content (AvgIpc) is 1.36. The fraction of sp³-hybridized carbons (Fsp3) is 0.667. The maximum atomic E-state index is 10.0. The third-order valence-electron chi connectivity index (χ3n) is 0.358. The molecule has 0 aliphatic heterocycles. The van der Waals surface area contributed by atoms with Gasteiger partial charge in [-0.25, -0.2) is 0 Å². The second-order valence-electron chi connectivity index (χ2n) is 1.09. The number of hydrogen-bond acceptors (Lipinski definition) is 2. The number of rotatable bonds is 1. The third-order valence-corrected chi connectivity index (χ3v) is 1.34. The maximum Gasteiger partial charge on any atom is 0.208 e. The van der Waals surface area contributed by atoms with Crippen LogP contribution in [0.5, 0.6) is 0 Å². The van der Waals surface area contributed by atoms with Crippen molar-refractivity contribution in [3.05, 3.63) is 0 Å². The zero-order chi connectivity index (χ0) is 5.15. The van der Waals surface area contributed by atoms with E-state index >= 15 is 0 Å². The standard InChI is InChI=1S/C3H6INO/c1-2(5)3(4)6/h2H,5H2,1H3/t2-/m0/s1. The van der Waals surface area contributed by atoms with Crippen LogP contribution in [0.3, 0.4) is 0 Å². The van der Waals surface area contributed by atoms with Gasteiger partial charge in [-0.1, -0.05) is 0 Å². The summed E-state index contributed by atoms with van der Waals surface area (Å²) in [6, 6.07) is -0.300. The molecule has 0 aliphatic carbocycles. The summed E-state index contributed by atoms with van der Waals surface area (Å²) in [5, 5.41) is 0. The lowest BCUT2D eigenvalue weighted by Gasteiger charge is -1.89. The fourth-order valence-electron chi connectivity index (χ4n) is 0. The highest BCUT2D eigenvalue weighted by atomic mass is 127. The fourth-order valence-corrected chi connectivity index (χ4v) is 0. The lowest BCUT2D eigenvalue weighted by atomic mass is 10.4. The zero-order valence-electron chi connectivity index (χ0n) is 3.44. The molecule has 36 valence electrons. The van der Waals surface area contributed by atoms with Gasteiger partial charge in [-0.15, -0.1) is 0 Å². The highest BCUT2D eigenvalue weighted by Crippen LogP contribution is 1.87. The molecule has 0 aromatic rings. The molecule has 6 heavy (non-hydrogen) atoms. The normalized spacial score (nSPS) is 13.8. The first-order chi connectivity index (χ1) is 2.64. The van der Waals surface area contributed by atoms with E-state index in [9.17, 15) is 4.79 Å². The minimum Gasteiger partial charge on any atom is -0.321 e. The van der Waals surface area contributed by atoms with E-state index in [4.69, 9.17) is 5.73 Å². The Morgan fingerprint density at radius 1 is 2.00 bits per heavy atom. The molecule has 0 aliphatic rings. The van der Waals surface area contributed by atoms with Gasteiger partial charge in [-0.2, -0.15) is 0 Å². The van der Waals surface area contributed by atoms with E-state index in [0.717, 1.165) is 0 Å². The van der Waals surface area contributed by atoms with Gasteiger partial charge < -0.3 is 5.73 Å². The van der Waals surface area contributed by atoms with Crippen LogP contribution in [0.2, 0.25) is 0 Å². The predicted octanol–water partition coefficient (Wildman–Crippen LogP) is 0.295. The van der Waals surface area contributed by atoms with Gasteiger partial charge in [0.15, 0.2) is 0 Å². The second kappa shape index (κ2) is 2.52. The quantitative estimate of drug-likeness (QED) is 0.487. The molecule has 1 atom stereocenters. The molecule has 0 radical (unpaired) electrons. The van der Waals surface area contributed by atoms with E-state index in [1.807, 2.05) is 0 Å². The summed E-state index contributed by atoms with van der Waals surface area (Å²) < 4.78 is 0.00704. The summed E-state index contributed by atoms with van der Waals surface area (Å²) >= 11 is 1.67. The van der Waals surface area contributed by atoms with Gasteiger partial charge in [0, 0.05) is 22.6 Å². The van der Waals surface area contributed by atoms with E-state index in [-0.39, 0.29) is 9.83 Å². The van der Waals surface area contributed by atoms with Crippen LogP contribution in [0, 0.1) is 0 Å². The summed E-state index contributed by atoms with van der Waals surface area (Å²) in [5.74, 6) is 0. The number of nitrogens with two attached hydrogens (primary N) is 1. The number of carbonyl (C=O) groups is 1.